The second-order valence-electron chi connectivity index (χ2n) is 9.36. The maximum atomic E-state index is 7.39. The third kappa shape index (κ3) is 4.96. The molecule has 0 N–H and O–H groups in total. The normalized spacial score (nSPS) is 28.4. The third-order valence-electron chi connectivity index (χ3n) is 6.99. The van der Waals surface area contributed by atoms with E-state index in [1.807, 2.05) is 144 Å². The lowest BCUT2D eigenvalue weighted by atomic mass is 10.4. The van der Waals surface area contributed by atoms with E-state index in [9.17, 15) is 0 Å². The van der Waals surface area contributed by atoms with Crippen molar-refractivity contribution in [3.63, 3.8) is 0 Å². The Kier molecular flexibility index (Phi) is 8.13. The van der Waals surface area contributed by atoms with Gasteiger partial charge in [-0.05, 0) is 43.5 Å². The van der Waals surface area contributed by atoms with E-state index in [-0.39, 0.29) is 0 Å². The lowest BCUT2D eigenvalue weighted by Crippen LogP contribution is -2.78. The van der Waals surface area contributed by atoms with Crippen molar-refractivity contribution in [3.8, 4) is 0 Å². The maximum absolute atomic E-state index is 7.39. The Morgan fingerprint density at radius 3 is 0.650 bits per heavy atom. The Labute approximate surface area is 241 Å². The average Bonchev–Trinajstić information content (AvgIpc) is 3.04. The Morgan fingerprint density at radius 1 is 0.325 bits per heavy atom. The van der Waals surface area contributed by atoms with Crippen LogP contribution in [0.25, 0.3) is 0 Å². The van der Waals surface area contributed by atoms with E-state index in [1.165, 1.54) is 0 Å². The molecule has 1 saturated heterocycles. The standard InChI is InChI=1S/C32H32O4Si4/c1-5-37(29-21-13-9-14-22-29)33-38(6-2,30-23-15-10-16-24-30)35-40(8-4,32-27-19-12-20-28-32)36-39(7-3,34-37)31-25-17-11-18-26-31/h5-28H,1-4H2. The largest absolute Gasteiger partial charge is 0.403 e. The fraction of sp³-hybridized carbons (Fsp3) is 0. The number of hydrogen-bond acceptors (Lipinski definition) is 4. The van der Waals surface area contributed by atoms with Gasteiger partial charge in [-0.1, -0.05) is 121 Å². The van der Waals surface area contributed by atoms with Gasteiger partial charge < -0.3 is 16.5 Å². The zero-order valence-electron chi connectivity index (χ0n) is 22.3. The van der Waals surface area contributed by atoms with Crippen molar-refractivity contribution in [1.29, 1.82) is 0 Å². The van der Waals surface area contributed by atoms with Crippen LogP contribution in [0.15, 0.2) is 170 Å². The lowest BCUT2D eigenvalue weighted by molar-refractivity contribution is 0.265. The summed E-state index contributed by atoms with van der Waals surface area (Å²) in [6, 6.07) is 39.9. The summed E-state index contributed by atoms with van der Waals surface area (Å²) in [6.07, 6.45) is 0. The van der Waals surface area contributed by atoms with Crippen molar-refractivity contribution in [1.82, 2.24) is 0 Å². The van der Waals surface area contributed by atoms with Crippen LogP contribution in [0.4, 0.5) is 0 Å². The molecule has 4 aromatic carbocycles. The molecule has 5 rings (SSSR count). The lowest BCUT2D eigenvalue weighted by Gasteiger charge is -2.50. The Morgan fingerprint density at radius 2 is 0.500 bits per heavy atom. The van der Waals surface area contributed by atoms with Gasteiger partial charge in [0.1, 0.15) is 0 Å². The first-order valence-corrected chi connectivity index (χ1v) is 20.6. The first kappa shape index (κ1) is 28.1. The van der Waals surface area contributed by atoms with Crippen LogP contribution >= 0.6 is 0 Å². The van der Waals surface area contributed by atoms with Crippen molar-refractivity contribution in [2.24, 2.45) is 0 Å². The van der Waals surface area contributed by atoms with Crippen molar-refractivity contribution < 1.29 is 16.5 Å². The predicted octanol–water partition coefficient (Wildman–Crippen LogP) is 4.36. The zero-order valence-corrected chi connectivity index (χ0v) is 26.3. The average molecular weight is 593 g/mol. The molecule has 1 fully saturated rings. The van der Waals surface area contributed by atoms with Gasteiger partial charge in [-0.15, -0.1) is 26.3 Å². The molecule has 0 spiro atoms. The molecule has 0 saturated carbocycles. The van der Waals surface area contributed by atoms with Crippen LogP contribution in [0, 0.1) is 0 Å². The molecule has 0 atom stereocenters. The van der Waals surface area contributed by atoms with E-state index in [0.29, 0.717) is 0 Å². The first-order chi connectivity index (χ1) is 19.5. The van der Waals surface area contributed by atoms with Crippen LogP contribution in [0.5, 0.6) is 0 Å². The van der Waals surface area contributed by atoms with E-state index < -0.39 is 34.2 Å². The Bertz CT molecular complexity index is 1240. The summed E-state index contributed by atoms with van der Waals surface area (Å²) in [5.74, 6) is 0. The van der Waals surface area contributed by atoms with Gasteiger partial charge in [-0.3, -0.25) is 0 Å². The van der Waals surface area contributed by atoms with Gasteiger partial charge in [0.25, 0.3) is 0 Å². The molecule has 1 aliphatic rings. The summed E-state index contributed by atoms with van der Waals surface area (Å²) in [5, 5.41) is 3.59. The zero-order chi connectivity index (χ0) is 28.1. The van der Waals surface area contributed by atoms with Crippen LogP contribution in [-0.2, 0) is 16.5 Å². The van der Waals surface area contributed by atoms with Crippen LogP contribution in [0.2, 0.25) is 0 Å². The molecule has 0 bridgehead atoms. The summed E-state index contributed by atoms with van der Waals surface area (Å²) < 4.78 is 29.5. The molecule has 0 aliphatic carbocycles. The van der Waals surface area contributed by atoms with Crippen molar-refractivity contribution in [2.45, 2.75) is 0 Å². The smallest absolute Gasteiger partial charge is 0.382 e. The van der Waals surface area contributed by atoms with E-state index >= 15 is 0 Å². The molecule has 0 aromatic heterocycles. The van der Waals surface area contributed by atoms with Gasteiger partial charge in [-0.2, -0.15) is 0 Å². The van der Waals surface area contributed by atoms with E-state index in [4.69, 9.17) is 16.5 Å². The summed E-state index contributed by atoms with van der Waals surface area (Å²) in [5.41, 5.74) is 7.29. The predicted molar refractivity (Wildman–Crippen MR) is 172 cm³/mol. The first-order valence-electron chi connectivity index (χ1n) is 13.1. The molecular formula is C32H32O4Si4. The van der Waals surface area contributed by atoms with Crippen LogP contribution < -0.4 is 20.7 Å². The second kappa shape index (κ2) is 11.6. The Balaban J connectivity index is 1.86. The quantitative estimate of drug-likeness (QED) is 0.285. The molecule has 0 amide bonds. The fourth-order valence-electron chi connectivity index (χ4n) is 4.94. The molecule has 0 radical (unpaired) electrons. The van der Waals surface area contributed by atoms with E-state index in [0.717, 1.165) is 20.7 Å². The number of rotatable bonds is 8. The molecule has 200 valence electrons. The molecule has 8 heteroatoms. The summed E-state index contributed by atoms with van der Waals surface area (Å²) in [6.45, 7) is 17.1. The van der Waals surface area contributed by atoms with Gasteiger partial charge in [0, 0.05) is 0 Å². The fourth-order valence-corrected chi connectivity index (χ4v) is 24.3. The van der Waals surface area contributed by atoms with Crippen LogP contribution in [0.1, 0.15) is 0 Å². The highest BCUT2D eigenvalue weighted by Crippen LogP contribution is 2.33. The second-order valence-corrected chi connectivity index (χ2v) is 21.9. The van der Waals surface area contributed by atoms with Crippen LogP contribution in [-0.4, -0.2) is 34.2 Å². The van der Waals surface area contributed by atoms with Crippen molar-refractivity contribution in [3.05, 3.63) is 170 Å². The van der Waals surface area contributed by atoms with Gasteiger partial charge >= 0.3 is 34.2 Å². The number of benzene rings is 4. The highest BCUT2D eigenvalue weighted by Gasteiger charge is 2.62. The van der Waals surface area contributed by atoms with Gasteiger partial charge in [0.2, 0.25) is 0 Å². The summed E-state index contributed by atoms with van der Waals surface area (Å²) in [4.78, 5) is 0. The summed E-state index contributed by atoms with van der Waals surface area (Å²) >= 11 is 0. The molecular weight excluding hydrogens is 561 g/mol. The molecule has 0 unspecified atom stereocenters. The minimum absolute atomic E-state index is 0.897. The van der Waals surface area contributed by atoms with Gasteiger partial charge in [-0.25, -0.2) is 0 Å². The molecule has 1 heterocycles. The molecule has 4 nitrogen and oxygen atoms in total. The minimum atomic E-state index is -3.49. The molecule has 4 aromatic rings. The van der Waals surface area contributed by atoms with Crippen molar-refractivity contribution >= 4 is 55.0 Å². The number of hydrogen-bond donors (Lipinski definition) is 0. The highest BCUT2D eigenvalue weighted by molar-refractivity contribution is 7.10. The van der Waals surface area contributed by atoms with Gasteiger partial charge in [0.15, 0.2) is 0 Å². The summed E-state index contributed by atoms with van der Waals surface area (Å²) in [7, 11) is -13.9. The maximum Gasteiger partial charge on any atom is 0.382 e. The monoisotopic (exact) mass is 592 g/mol. The minimum Gasteiger partial charge on any atom is -0.403 e. The van der Waals surface area contributed by atoms with Gasteiger partial charge in [0.05, 0.1) is 0 Å². The Hall–Kier alpha value is -3.45. The van der Waals surface area contributed by atoms with Crippen molar-refractivity contribution in [2.75, 3.05) is 0 Å². The third-order valence-corrected chi connectivity index (χ3v) is 23.4. The SMILES string of the molecule is C=C[Si]1(c2ccccc2)O[Si](C=C)(c2ccccc2)O[Si](C=C)(c2ccccc2)O[Si](C=C)(c2ccccc2)O1. The molecule has 40 heavy (non-hydrogen) atoms. The van der Waals surface area contributed by atoms with Crippen LogP contribution in [0.3, 0.4) is 0 Å². The molecule has 1 aliphatic heterocycles. The highest BCUT2D eigenvalue weighted by atomic mass is 28.5. The van der Waals surface area contributed by atoms with E-state index in [2.05, 4.69) is 26.3 Å². The van der Waals surface area contributed by atoms with E-state index in [1.54, 1.807) is 0 Å². The topological polar surface area (TPSA) is 36.9 Å².